The maximum Gasteiger partial charge on any atom is 0.122 e. The van der Waals surface area contributed by atoms with Crippen LogP contribution >= 0.6 is 0 Å². The summed E-state index contributed by atoms with van der Waals surface area (Å²) in [6.07, 6.45) is 4.08. The number of benzene rings is 1. The molecular formula is C17H18N2O. The topological polar surface area (TPSA) is 34.1 Å². The molecule has 2 aliphatic rings. The van der Waals surface area contributed by atoms with Crippen molar-refractivity contribution in [3.05, 3.63) is 59.4 Å². The number of nitrogens with zero attached hydrogens (tertiary/aromatic N) is 1. The third-order valence-corrected chi connectivity index (χ3v) is 4.37. The van der Waals surface area contributed by atoms with Crippen LogP contribution in [-0.2, 0) is 6.42 Å². The molecule has 0 aliphatic carbocycles. The summed E-state index contributed by atoms with van der Waals surface area (Å²) >= 11 is 0. The molecule has 2 aromatic rings. The Morgan fingerprint density at radius 1 is 1.20 bits per heavy atom. The molecule has 3 heteroatoms. The van der Waals surface area contributed by atoms with Crippen molar-refractivity contribution >= 4 is 0 Å². The highest BCUT2D eigenvalue weighted by Crippen LogP contribution is 2.39. The van der Waals surface area contributed by atoms with E-state index in [1.807, 2.05) is 12.3 Å². The van der Waals surface area contributed by atoms with Crippen LogP contribution in [0.15, 0.2) is 42.6 Å². The Hall–Kier alpha value is -1.87. The maximum absolute atomic E-state index is 5.60. The Kier molecular flexibility index (Phi) is 2.92. The summed E-state index contributed by atoms with van der Waals surface area (Å²) in [6.45, 7) is 1.88. The van der Waals surface area contributed by atoms with Crippen LogP contribution in [0, 0.1) is 0 Å². The van der Waals surface area contributed by atoms with Gasteiger partial charge in [-0.05, 0) is 42.3 Å². The summed E-state index contributed by atoms with van der Waals surface area (Å²) in [7, 11) is 0. The van der Waals surface area contributed by atoms with Gasteiger partial charge in [-0.1, -0.05) is 18.2 Å². The van der Waals surface area contributed by atoms with Crippen molar-refractivity contribution in [2.45, 2.75) is 24.8 Å². The van der Waals surface area contributed by atoms with Gasteiger partial charge in [0.1, 0.15) is 5.75 Å². The lowest BCUT2D eigenvalue weighted by molar-refractivity contribution is 0.356. The fourth-order valence-corrected chi connectivity index (χ4v) is 3.37. The molecule has 20 heavy (non-hydrogen) atoms. The molecule has 3 heterocycles. The van der Waals surface area contributed by atoms with Crippen molar-refractivity contribution < 1.29 is 4.74 Å². The molecule has 0 radical (unpaired) electrons. The van der Waals surface area contributed by atoms with E-state index in [0.717, 1.165) is 31.0 Å². The molecule has 2 atom stereocenters. The molecule has 1 aromatic heterocycles. The van der Waals surface area contributed by atoms with Crippen molar-refractivity contribution in [2.75, 3.05) is 13.2 Å². The molecule has 2 aliphatic heterocycles. The molecule has 1 N–H and O–H groups in total. The maximum atomic E-state index is 5.60. The SMILES string of the molecule is c1ccc(C2NCCC2c2ccc3c(c2)CCO3)nc1. The predicted molar refractivity (Wildman–Crippen MR) is 78.0 cm³/mol. The molecular weight excluding hydrogens is 248 g/mol. The van der Waals surface area contributed by atoms with E-state index < -0.39 is 0 Å². The number of hydrogen-bond acceptors (Lipinski definition) is 3. The van der Waals surface area contributed by atoms with Gasteiger partial charge in [0, 0.05) is 18.5 Å². The second kappa shape index (κ2) is 4.91. The standard InChI is InChI=1S/C17H18N2O/c1-2-8-18-15(3-1)17-14(6-9-19-17)12-4-5-16-13(11-12)7-10-20-16/h1-5,8,11,14,17,19H,6-7,9-10H2. The van der Waals surface area contributed by atoms with E-state index in [1.165, 1.54) is 17.5 Å². The average molecular weight is 266 g/mol. The summed E-state index contributed by atoms with van der Waals surface area (Å²) in [6, 6.07) is 13.2. The van der Waals surface area contributed by atoms with Crippen LogP contribution in [0.1, 0.15) is 35.2 Å². The van der Waals surface area contributed by atoms with Crippen molar-refractivity contribution in [3.8, 4) is 5.75 Å². The monoisotopic (exact) mass is 266 g/mol. The first-order valence-corrected chi connectivity index (χ1v) is 7.32. The van der Waals surface area contributed by atoms with Crippen molar-refractivity contribution in [2.24, 2.45) is 0 Å². The van der Waals surface area contributed by atoms with E-state index in [9.17, 15) is 0 Å². The average Bonchev–Trinajstić information content (AvgIpc) is 3.16. The van der Waals surface area contributed by atoms with Crippen LogP contribution in [-0.4, -0.2) is 18.1 Å². The Bertz CT molecular complexity index is 612. The van der Waals surface area contributed by atoms with Gasteiger partial charge >= 0.3 is 0 Å². The molecule has 102 valence electrons. The Labute approximate surface area is 119 Å². The molecule has 0 spiro atoms. The molecule has 3 nitrogen and oxygen atoms in total. The van der Waals surface area contributed by atoms with Gasteiger partial charge in [-0.3, -0.25) is 4.98 Å². The number of rotatable bonds is 2. The van der Waals surface area contributed by atoms with E-state index in [4.69, 9.17) is 4.74 Å². The van der Waals surface area contributed by atoms with E-state index in [-0.39, 0.29) is 0 Å². The van der Waals surface area contributed by atoms with Gasteiger partial charge in [0.25, 0.3) is 0 Å². The number of aromatic nitrogens is 1. The molecule has 0 amide bonds. The largest absolute Gasteiger partial charge is 0.493 e. The van der Waals surface area contributed by atoms with Gasteiger partial charge < -0.3 is 10.1 Å². The van der Waals surface area contributed by atoms with Gasteiger partial charge in [-0.25, -0.2) is 0 Å². The van der Waals surface area contributed by atoms with Gasteiger partial charge in [0.05, 0.1) is 18.3 Å². The van der Waals surface area contributed by atoms with Gasteiger partial charge in [0.15, 0.2) is 0 Å². The molecule has 1 saturated heterocycles. The minimum Gasteiger partial charge on any atom is -0.493 e. The summed E-state index contributed by atoms with van der Waals surface area (Å²) in [4.78, 5) is 4.52. The predicted octanol–water partition coefficient (Wildman–Crippen LogP) is 2.83. The first kappa shape index (κ1) is 11.9. The normalized spacial score (nSPS) is 24.4. The molecule has 0 saturated carbocycles. The lowest BCUT2D eigenvalue weighted by atomic mass is 9.89. The van der Waals surface area contributed by atoms with Crippen molar-refractivity contribution in [1.29, 1.82) is 0 Å². The number of fused-ring (bicyclic) bond motifs is 1. The summed E-state index contributed by atoms with van der Waals surface area (Å²) in [5, 5.41) is 3.60. The van der Waals surface area contributed by atoms with Crippen LogP contribution < -0.4 is 10.1 Å². The number of hydrogen-bond donors (Lipinski definition) is 1. The smallest absolute Gasteiger partial charge is 0.122 e. The summed E-state index contributed by atoms with van der Waals surface area (Å²) in [5.74, 6) is 1.57. The zero-order valence-electron chi connectivity index (χ0n) is 11.4. The Morgan fingerprint density at radius 2 is 2.20 bits per heavy atom. The van der Waals surface area contributed by atoms with Crippen LogP contribution in [0.3, 0.4) is 0 Å². The van der Waals surface area contributed by atoms with Crippen LogP contribution in [0.25, 0.3) is 0 Å². The number of ether oxygens (including phenoxy) is 1. The van der Waals surface area contributed by atoms with E-state index >= 15 is 0 Å². The van der Waals surface area contributed by atoms with Crippen LogP contribution in [0.4, 0.5) is 0 Å². The lowest BCUT2D eigenvalue weighted by Crippen LogP contribution is -2.18. The molecule has 0 bridgehead atoms. The van der Waals surface area contributed by atoms with Crippen molar-refractivity contribution in [3.63, 3.8) is 0 Å². The minimum atomic E-state index is 0.330. The first-order valence-electron chi connectivity index (χ1n) is 7.32. The van der Waals surface area contributed by atoms with Gasteiger partial charge in [-0.2, -0.15) is 0 Å². The Morgan fingerprint density at radius 3 is 3.10 bits per heavy atom. The number of nitrogens with one attached hydrogen (secondary N) is 1. The highest BCUT2D eigenvalue weighted by molar-refractivity contribution is 5.42. The first-order chi connectivity index (χ1) is 9.92. The summed E-state index contributed by atoms with van der Waals surface area (Å²) < 4.78 is 5.60. The quantitative estimate of drug-likeness (QED) is 0.907. The Balaban J connectivity index is 1.67. The highest BCUT2D eigenvalue weighted by atomic mass is 16.5. The third kappa shape index (κ3) is 1.98. The second-order valence-corrected chi connectivity index (χ2v) is 5.55. The van der Waals surface area contributed by atoms with E-state index in [2.05, 4.69) is 40.6 Å². The zero-order valence-corrected chi connectivity index (χ0v) is 11.4. The van der Waals surface area contributed by atoms with Crippen molar-refractivity contribution in [1.82, 2.24) is 10.3 Å². The van der Waals surface area contributed by atoms with E-state index in [0.29, 0.717) is 12.0 Å². The van der Waals surface area contributed by atoms with Gasteiger partial charge in [-0.15, -0.1) is 0 Å². The van der Waals surface area contributed by atoms with Crippen LogP contribution in [0.2, 0.25) is 0 Å². The molecule has 2 unspecified atom stereocenters. The molecule has 4 rings (SSSR count). The number of pyridine rings is 1. The fraction of sp³-hybridized carbons (Fsp3) is 0.353. The minimum absolute atomic E-state index is 0.330. The summed E-state index contributed by atoms with van der Waals surface area (Å²) in [5.41, 5.74) is 3.91. The highest BCUT2D eigenvalue weighted by Gasteiger charge is 2.31. The molecule has 1 aromatic carbocycles. The second-order valence-electron chi connectivity index (χ2n) is 5.55. The van der Waals surface area contributed by atoms with Gasteiger partial charge in [0.2, 0.25) is 0 Å². The van der Waals surface area contributed by atoms with E-state index in [1.54, 1.807) is 0 Å². The zero-order chi connectivity index (χ0) is 13.4. The fourth-order valence-electron chi connectivity index (χ4n) is 3.37. The molecule has 1 fully saturated rings. The lowest BCUT2D eigenvalue weighted by Gasteiger charge is -2.20. The van der Waals surface area contributed by atoms with Crippen LogP contribution in [0.5, 0.6) is 5.75 Å². The third-order valence-electron chi connectivity index (χ3n) is 4.37.